The van der Waals surface area contributed by atoms with Gasteiger partial charge in [0.05, 0.1) is 12.0 Å². The molecule has 2 atom stereocenters. The van der Waals surface area contributed by atoms with Gasteiger partial charge in [-0.05, 0) is 42.0 Å². The summed E-state index contributed by atoms with van der Waals surface area (Å²) < 4.78 is 5.61. The first kappa shape index (κ1) is 19.5. The second-order valence-corrected chi connectivity index (χ2v) is 8.12. The summed E-state index contributed by atoms with van der Waals surface area (Å²) in [6.45, 7) is 2.69. The van der Waals surface area contributed by atoms with Crippen molar-refractivity contribution < 1.29 is 19.4 Å². The van der Waals surface area contributed by atoms with Gasteiger partial charge in [0.1, 0.15) is 6.61 Å². The average molecular weight is 394 g/mol. The van der Waals surface area contributed by atoms with Crippen molar-refractivity contribution in [2.24, 2.45) is 0 Å². The largest absolute Gasteiger partial charge is 0.481 e. The Morgan fingerprint density at radius 2 is 1.76 bits per heavy atom. The molecule has 0 bridgehead atoms. The number of carbonyl (C=O) groups excluding carboxylic acids is 1. The lowest BCUT2D eigenvalue weighted by atomic mass is 9.84. The van der Waals surface area contributed by atoms with E-state index in [2.05, 4.69) is 41.8 Å². The van der Waals surface area contributed by atoms with Gasteiger partial charge in [0.2, 0.25) is 0 Å². The number of hydrogen-bond donors (Lipinski definition) is 3. The van der Waals surface area contributed by atoms with Crippen LogP contribution in [0.15, 0.2) is 48.5 Å². The van der Waals surface area contributed by atoms with Crippen molar-refractivity contribution >= 4 is 12.1 Å². The maximum Gasteiger partial charge on any atom is 0.407 e. The molecule has 1 amide bonds. The number of hydrogen-bond acceptors (Lipinski definition) is 4. The Balaban J connectivity index is 1.46. The zero-order valence-electron chi connectivity index (χ0n) is 16.5. The van der Waals surface area contributed by atoms with Crippen LogP contribution in [0.25, 0.3) is 11.1 Å². The minimum absolute atomic E-state index is 0.0203. The van der Waals surface area contributed by atoms with Gasteiger partial charge in [0.15, 0.2) is 0 Å². The van der Waals surface area contributed by atoms with Gasteiger partial charge in [-0.15, -0.1) is 0 Å². The van der Waals surface area contributed by atoms with E-state index in [0.29, 0.717) is 19.0 Å². The number of amides is 1. The quantitative estimate of drug-likeness (QED) is 0.722. The van der Waals surface area contributed by atoms with E-state index in [-0.39, 0.29) is 18.9 Å². The van der Waals surface area contributed by atoms with Gasteiger partial charge in [-0.25, -0.2) is 4.79 Å². The zero-order chi connectivity index (χ0) is 20.4. The third-order valence-electron chi connectivity index (χ3n) is 6.05. The lowest BCUT2D eigenvalue weighted by Crippen LogP contribution is -2.60. The van der Waals surface area contributed by atoms with Crippen molar-refractivity contribution in [2.75, 3.05) is 13.2 Å². The number of alkyl carbamates (subject to hydrolysis) is 1. The molecule has 1 saturated heterocycles. The standard InChI is InChI=1S/C23H26N2O4/c1-15-10-11-23(14-24-15,12-21(26)27)25-22(28)29-13-20-18-8-4-2-6-16(18)17-7-3-5-9-19(17)20/h2-9,15,20,24H,10-14H2,1H3,(H,25,28)(H,26,27). The molecule has 2 aromatic carbocycles. The van der Waals surface area contributed by atoms with E-state index in [1.54, 1.807) is 0 Å². The molecule has 4 rings (SSSR count). The maximum atomic E-state index is 12.6. The maximum absolute atomic E-state index is 12.6. The molecular weight excluding hydrogens is 368 g/mol. The first-order valence-corrected chi connectivity index (χ1v) is 10.1. The van der Waals surface area contributed by atoms with Crippen molar-refractivity contribution in [1.29, 1.82) is 0 Å². The molecule has 6 nitrogen and oxygen atoms in total. The molecule has 6 heteroatoms. The number of rotatable bonds is 5. The van der Waals surface area contributed by atoms with Gasteiger partial charge < -0.3 is 20.5 Å². The lowest BCUT2D eigenvalue weighted by molar-refractivity contribution is -0.138. The van der Waals surface area contributed by atoms with Crippen molar-refractivity contribution in [3.05, 3.63) is 59.7 Å². The molecular formula is C23H26N2O4. The van der Waals surface area contributed by atoms with Crippen LogP contribution in [0.5, 0.6) is 0 Å². The Morgan fingerprint density at radius 3 is 2.31 bits per heavy atom. The number of aliphatic carboxylic acids is 1. The summed E-state index contributed by atoms with van der Waals surface area (Å²) in [4.78, 5) is 24.0. The van der Waals surface area contributed by atoms with Gasteiger partial charge in [0, 0.05) is 18.5 Å². The SMILES string of the molecule is CC1CCC(CC(=O)O)(NC(=O)OCC2c3ccccc3-c3ccccc32)CN1. The number of carboxylic acid groups (broad SMARTS) is 1. The third-order valence-corrected chi connectivity index (χ3v) is 6.05. The average Bonchev–Trinajstić information content (AvgIpc) is 3.02. The molecule has 3 N–H and O–H groups in total. The predicted molar refractivity (Wildman–Crippen MR) is 110 cm³/mol. The van der Waals surface area contributed by atoms with Gasteiger partial charge in [0.25, 0.3) is 0 Å². The molecule has 1 heterocycles. The number of ether oxygens (including phenoxy) is 1. The fourth-order valence-electron chi connectivity index (χ4n) is 4.50. The van der Waals surface area contributed by atoms with Crippen LogP contribution >= 0.6 is 0 Å². The van der Waals surface area contributed by atoms with Crippen LogP contribution in [0.4, 0.5) is 4.79 Å². The van der Waals surface area contributed by atoms with Crippen LogP contribution in [0.3, 0.4) is 0 Å². The first-order chi connectivity index (χ1) is 14.0. The highest BCUT2D eigenvalue weighted by Crippen LogP contribution is 2.44. The molecule has 2 aliphatic rings. The monoisotopic (exact) mass is 394 g/mol. The topological polar surface area (TPSA) is 87.7 Å². The van der Waals surface area contributed by atoms with E-state index in [0.717, 1.165) is 17.5 Å². The van der Waals surface area contributed by atoms with Crippen molar-refractivity contribution in [3.8, 4) is 11.1 Å². The van der Waals surface area contributed by atoms with Crippen LogP contribution in [-0.4, -0.2) is 41.9 Å². The molecule has 0 spiro atoms. The fourth-order valence-corrected chi connectivity index (χ4v) is 4.50. The van der Waals surface area contributed by atoms with Gasteiger partial charge >= 0.3 is 12.1 Å². The van der Waals surface area contributed by atoms with Crippen molar-refractivity contribution in [3.63, 3.8) is 0 Å². The van der Waals surface area contributed by atoms with E-state index in [1.807, 2.05) is 24.3 Å². The molecule has 152 valence electrons. The summed E-state index contributed by atoms with van der Waals surface area (Å²) in [5, 5.41) is 15.4. The van der Waals surface area contributed by atoms with Crippen LogP contribution in [-0.2, 0) is 9.53 Å². The molecule has 0 saturated carbocycles. The van der Waals surface area contributed by atoms with Gasteiger partial charge in [-0.3, -0.25) is 4.79 Å². The highest BCUT2D eigenvalue weighted by atomic mass is 16.5. The summed E-state index contributed by atoms with van der Waals surface area (Å²) in [7, 11) is 0. The third kappa shape index (κ3) is 3.98. The molecule has 0 radical (unpaired) electrons. The van der Waals surface area contributed by atoms with Gasteiger partial charge in [-0.2, -0.15) is 0 Å². The van der Waals surface area contributed by atoms with E-state index in [4.69, 9.17) is 4.74 Å². The second kappa shape index (κ2) is 7.87. The molecule has 29 heavy (non-hydrogen) atoms. The fraction of sp³-hybridized carbons (Fsp3) is 0.391. The van der Waals surface area contributed by atoms with Gasteiger partial charge in [-0.1, -0.05) is 48.5 Å². The number of benzene rings is 2. The summed E-state index contributed by atoms with van der Waals surface area (Å²) in [5.41, 5.74) is 3.82. The predicted octanol–water partition coefficient (Wildman–Crippen LogP) is 3.51. The van der Waals surface area contributed by atoms with Crippen LogP contribution in [0.1, 0.15) is 43.2 Å². The minimum Gasteiger partial charge on any atom is -0.481 e. The minimum atomic E-state index is -0.930. The van der Waals surface area contributed by atoms with Crippen LogP contribution < -0.4 is 10.6 Å². The van der Waals surface area contributed by atoms with Crippen LogP contribution in [0.2, 0.25) is 0 Å². The molecule has 2 unspecified atom stereocenters. The number of carboxylic acids is 1. The van der Waals surface area contributed by atoms with E-state index < -0.39 is 17.6 Å². The number of piperidine rings is 1. The Labute approximate surface area is 170 Å². The van der Waals surface area contributed by atoms with Crippen molar-refractivity contribution in [2.45, 2.75) is 43.7 Å². The highest BCUT2D eigenvalue weighted by Gasteiger charge is 2.38. The molecule has 0 aromatic heterocycles. The Bertz CT molecular complexity index is 873. The van der Waals surface area contributed by atoms with E-state index >= 15 is 0 Å². The molecule has 2 aromatic rings. The normalized spacial score (nSPS) is 23.1. The van der Waals surface area contributed by atoms with E-state index in [9.17, 15) is 14.7 Å². The molecule has 1 aliphatic heterocycles. The summed E-state index contributed by atoms with van der Waals surface area (Å²) >= 11 is 0. The summed E-state index contributed by atoms with van der Waals surface area (Å²) in [6, 6.07) is 16.6. The molecule has 1 fully saturated rings. The highest BCUT2D eigenvalue weighted by molar-refractivity contribution is 5.79. The zero-order valence-corrected chi connectivity index (χ0v) is 16.5. The second-order valence-electron chi connectivity index (χ2n) is 8.12. The number of carbonyl (C=O) groups is 2. The Kier molecular flexibility index (Phi) is 5.28. The lowest BCUT2D eigenvalue weighted by Gasteiger charge is -2.39. The Hall–Kier alpha value is -2.86. The molecule has 1 aliphatic carbocycles. The van der Waals surface area contributed by atoms with E-state index in [1.165, 1.54) is 11.1 Å². The number of fused-ring (bicyclic) bond motifs is 3. The van der Waals surface area contributed by atoms with Crippen molar-refractivity contribution in [1.82, 2.24) is 10.6 Å². The van der Waals surface area contributed by atoms with Crippen LogP contribution in [0, 0.1) is 0 Å². The summed E-state index contributed by atoms with van der Waals surface area (Å²) in [6.07, 6.45) is 0.718. The smallest absolute Gasteiger partial charge is 0.407 e. The Morgan fingerprint density at radius 1 is 1.14 bits per heavy atom. The summed E-state index contributed by atoms with van der Waals surface area (Å²) in [5.74, 6) is -0.951. The number of nitrogens with one attached hydrogen (secondary N) is 2. The first-order valence-electron chi connectivity index (χ1n) is 10.1.